The van der Waals surface area contributed by atoms with Gasteiger partial charge >= 0.3 is 0 Å². The van der Waals surface area contributed by atoms with E-state index in [0.29, 0.717) is 17.1 Å². The largest absolute Gasteiger partial charge is 0.485 e. The number of anilines is 1. The highest BCUT2D eigenvalue weighted by Gasteiger charge is 2.19. The topological polar surface area (TPSA) is 99.8 Å². The van der Waals surface area contributed by atoms with Crippen molar-refractivity contribution < 1.29 is 9.53 Å². The number of nitrogens with one attached hydrogen (secondary N) is 1. The van der Waals surface area contributed by atoms with Gasteiger partial charge in [-0.3, -0.25) is 9.48 Å². The van der Waals surface area contributed by atoms with E-state index in [0.717, 1.165) is 17.1 Å². The summed E-state index contributed by atoms with van der Waals surface area (Å²) in [5.41, 5.74) is 2.85. The first-order valence-electron chi connectivity index (χ1n) is 8.68. The van der Waals surface area contributed by atoms with Crippen LogP contribution in [0, 0.1) is 13.8 Å². The normalized spacial score (nSPS) is 11.0. The van der Waals surface area contributed by atoms with Gasteiger partial charge in [-0.15, -0.1) is 5.10 Å². The number of hydrogen-bond acceptors (Lipinski definition) is 6. The van der Waals surface area contributed by atoms with Gasteiger partial charge < -0.3 is 10.1 Å². The van der Waals surface area contributed by atoms with Crippen molar-refractivity contribution in [3.8, 4) is 5.75 Å². The summed E-state index contributed by atoms with van der Waals surface area (Å²) in [4.78, 5) is 12.9. The quantitative estimate of drug-likeness (QED) is 0.716. The molecule has 142 valence electrons. The molecule has 0 aliphatic heterocycles. The number of aromatic nitrogens is 6. The van der Waals surface area contributed by atoms with Crippen molar-refractivity contribution in [2.24, 2.45) is 7.05 Å². The summed E-state index contributed by atoms with van der Waals surface area (Å²) in [6.45, 7) is 8.09. The van der Waals surface area contributed by atoms with Crippen molar-refractivity contribution in [3.05, 3.63) is 47.0 Å². The molecule has 0 spiro atoms. The second-order valence-electron chi connectivity index (χ2n) is 6.54. The Kier molecular flexibility index (Phi) is 5.20. The molecular formula is C18H23N7O2. The molecular weight excluding hydrogens is 346 g/mol. The molecule has 0 aliphatic carbocycles. The predicted octanol–water partition coefficient (Wildman–Crippen LogP) is 2.44. The van der Waals surface area contributed by atoms with Crippen LogP contribution in [0.15, 0.2) is 24.3 Å². The van der Waals surface area contributed by atoms with Crippen LogP contribution in [-0.4, -0.2) is 35.9 Å². The zero-order chi connectivity index (χ0) is 19.6. The summed E-state index contributed by atoms with van der Waals surface area (Å²) in [6, 6.07) is 7.29. The number of carbonyl (C=O) groups excluding carboxylic acids is 1. The Bertz CT molecular complexity index is 959. The molecule has 0 saturated heterocycles. The van der Waals surface area contributed by atoms with Crippen LogP contribution >= 0.6 is 0 Å². The Morgan fingerprint density at radius 2 is 2.00 bits per heavy atom. The van der Waals surface area contributed by atoms with E-state index >= 15 is 0 Å². The second kappa shape index (κ2) is 7.56. The standard InChI is InChI=1S/C18H23N7O2/c1-11(2)25-13(4)17(12(3)21-25)19-18(26)14-8-6-7-9-15(14)27-10-16-20-22-23-24(16)5/h6-9,11H,10H2,1-5H3,(H,19,26). The Morgan fingerprint density at radius 1 is 1.26 bits per heavy atom. The van der Waals surface area contributed by atoms with E-state index in [9.17, 15) is 4.79 Å². The van der Waals surface area contributed by atoms with Crippen molar-refractivity contribution in [1.29, 1.82) is 0 Å². The summed E-state index contributed by atoms with van der Waals surface area (Å²) >= 11 is 0. The first kappa shape index (κ1) is 18.6. The number of amides is 1. The Morgan fingerprint density at radius 3 is 2.63 bits per heavy atom. The molecule has 0 unspecified atom stereocenters. The molecule has 0 fully saturated rings. The molecule has 0 saturated carbocycles. The molecule has 1 aromatic carbocycles. The van der Waals surface area contributed by atoms with Gasteiger partial charge in [0.2, 0.25) is 0 Å². The summed E-state index contributed by atoms with van der Waals surface area (Å²) in [5, 5.41) is 18.7. The van der Waals surface area contributed by atoms with E-state index in [1.54, 1.807) is 25.2 Å². The minimum atomic E-state index is -0.254. The minimum absolute atomic E-state index is 0.164. The van der Waals surface area contributed by atoms with E-state index in [1.165, 1.54) is 4.68 Å². The third-order valence-electron chi connectivity index (χ3n) is 4.25. The fraction of sp³-hybridized carbons (Fsp3) is 0.389. The van der Waals surface area contributed by atoms with Gasteiger partial charge in [0, 0.05) is 13.1 Å². The zero-order valence-corrected chi connectivity index (χ0v) is 16.1. The second-order valence-corrected chi connectivity index (χ2v) is 6.54. The summed E-state index contributed by atoms with van der Waals surface area (Å²) < 4.78 is 9.20. The van der Waals surface area contributed by atoms with Gasteiger partial charge in [0.15, 0.2) is 5.82 Å². The van der Waals surface area contributed by atoms with Crippen LogP contribution in [0.2, 0.25) is 0 Å². The number of tetrazole rings is 1. The number of para-hydroxylation sites is 1. The molecule has 2 aromatic heterocycles. The lowest BCUT2D eigenvalue weighted by atomic mass is 10.1. The van der Waals surface area contributed by atoms with Gasteiger partial charge in [0.05, 0.1) is 22.6 Å². The predicted molar refractivity (Wildman–Crippen MR) is 99.6 cm³/mol. The third-order valence-corrected chi connectivity index (χ3v) is 4.25. The SMILES string of the molecule is Cc1nn(C(C)C)c(C)c1NC(=O)c1ccccc1OCc1nnnn1C. The number of carbonyl (C=O) groups is 1. The third kappa shape index (κ3) is 3.81. The smallest absolute Gasteiger partial charge is 0.259 e. The molecule has 9 nitrogen and oxygen atoms in total. The van der Waals surface area contributed by atoms with E-state index in [-0.39, 0.29) is 18.6 Å². The molecule has 0 atom stereocenters. The first-order chi connectivity index (χ1) is 12.9. The Balaban J connectivity index is 1.81. The van der Waals surface area contributed by atoms with Crippen LogP contribution in [0.1, 0.15) is 47.5 Å². The molecule has 9 heteroatoms. The van der Waals surface area contributed by atoms with E-state index < -0.39 is 0 Å². The van der Waals surface area contributed by atoms with Gasteiger partial charge in [-0.05, 0) is 50.3 Å². The van der Waals surface area contributed by atoms with Crippen molar-refractivity contribution in [2.75, 3.05) is 5.32 Å². The van der Waals surface area contributed by atoms with Gasteiger partial charge in [0.1, 0.15) is 12.4 Å². The molecule has 2 heterocycles. The van der Waals surface area contributed by atoms with E-state index in [1.807, 2.05) is 24.6 Å². The van der Waals surface area contributed by atoms with Crippen molar-refractivity contribution in [3.63, 3.8) is 0 Å². The number of benzene rings is 1. The molecule has 3 aromatic rings. The maximum Gasteiger partial charge on any atom is 0.259 e. The molecule has 1 N–H and O–H groups in total. The van der Waals surface area contributed by atoms with E-state index in [2.05, 4.69) is 39.8 Å². The van der Waals surface area contributed by atoms with Gasteiger partial charge in [0.25, 0.3) is 5.91 Å². The number of ether oxygens (including phenoxy) is 1. The van der Waals surface area contributed by atoms with Crippen LogP contribution in [0.5, 0.6) is 5.75 Å². The molecule has 1 amide bonds. The Labute approximate surface area is 157 Å². The van der Waals surface area contributed by atoms with Crippen LogP contribution in [0.4, 0.5) is 5.69 Å². The average Bonchev–Trinajstić information content (AvgIpc) is 3.17. The molecule has 27 heavy (non-hydrogen) atoms. The summed E-state index contributed by atoms with van der Waals surface area (Å²) in [6.07, 6.45) is 0. The maximum atomic E-state index is 12.9. The summed E-state index contributed by atoms with van der Waals surface area (Å²) in [5.74, 6) is 0.774. The number of nitrogens with zero attached hydrogens (tertiary/aromatic N) is 6. The fourth-order valence-corrected chi connectivity index (χ4v) is 2.82. The van der Waals surface area contributed by atoms with Crippen molar-refractivity contribution in [1.82, 2.24) is 30.0 Å². The lowest BCUT2D eigenvalue weighted by Crippen LogP contribution is -2.15. The number of aryl methyl sites for hydroxylation is 2. The van der Waals surface area contributed by atoms with Gasteiger partial charge in [-0.2, -0.15) is 5.10 Å². The zero-order valence-electron chi connectivity index (χ0n) is 16.1. The van der Waals surface area contributed by atoms with E-state index in [4.69, 9.17) is 4.74 Å². The van der Waals surface area contributed by atoms with Crippen LogP contribution in [0.3, 0.4) is 0 Å². The van der Waals surface area contributed by atoms with Gasteiger partial charge in [-0.1, -0.05) is 12.1 Å². The highest BCUT2D eigenvalue weighted by Crippen LogP contribution is 2.25. The first-order valence-corrected chi connectivity index (χ1v) is 8.68. The molecule has 0 bridgehead atoms. The monoisotopic (exact) mass is 369 g/mol. The summed E-state index contributed by atoms with van der Waals surface area (Å²) in [7, 11) is 1.73. The van der Waals surface area contributed by atoms with Crippen LogP contribution in [-0.2, 0) is 13.7 Å². The van der Waals surface area contributed by atoms with Gasteiger partial charge in [-0.25, -0.2) is 4.68 Å². The fourth-order valence-electron chi connectivity index (χ4n) is 2.82. The van der Waals surface area contributed by atoms with Crippen molar-refractivity contribution in [2.45, 2.75) is 40.3 Å². The lowest BCUT2D eigenvalue weighted by Gasteiger charge is -2.12. The molecule has 0 radical (unpaired) electrons. The molecule has 3 rings (SSSR count). The highest BCUT2D eigenvalue weighted by atomic mass is 16.5. The Hall–Kier alpha value is -3.23. The van der Waals surface area contributed by atoms with Crippen molar-refractivity contribution >= 4 is 11.6 Å². The van der Waals surface area contributed by atoms with Crippen LogP contribution < -0.4 is 10.1 Å². The maximum absolute atomic E-state index is 12.9. The number of hydrogen-bond donors (Lipinski definition) is 1. The number of rotatable bonds is 6. The average molecular weight is 369 g/mol. The minimum Gasteiger partial charge on any atom is -0.485 e. The highest BCUT2D eigenvalue weighted by molar-refractivity contribution is 6.06. The lowest BCUT2D eigenvalue weighted by molar-refractivity contribution is 0.102. The van der Waals surface area contributed by atoms with Crippen LogP contribution in [0.25, 0.3) is 0 Å². The molecule has 0 aliphatic rings.